The standard InChI is InChI=1S/C24H23F2NO5/c1-30-10-11-31-23(28)15-32-20-7-3-6-19(14-20)27-24(29)21-13-17(8-9-22(21)26)16-4-2-5-18(25)12-16/h3-4,6-9,12-14H,2,5,10-11,15H2,1H3,(H,27,29). The monoisotopic (exact) mass is 443 g/mol. The average molecular weight is 443 g/mol. The van der Waals surface area contributed by atoms with E-state index in [1.807, 2.05) is 6.08 Å². The van der Waals surface area contributed by atoms with E-state index in [0.29, 0.717) is 35.4 Å². The molecule has 32 heavy (non-hydrogen) atoms. The zero-order chi connectivity index (χ0) is 22.9. The van der Waals surface area contributed by atoms with E-state index in [2.05, 4.69) is 5.32 Å². The number of carbonyl (C=O) groups excluding carboxylic acids is 2. The summed E-state index contributed by atoms with van der Waals surface area (Å²) < 4.78 is 43.0. The Balaban J connectivity index is 1.66. The molecular formula is C24H23F2NO5. The summed E-state index contributed by atoms with van der Waals surface area (Å²) in [5.41, 5.74) is 1.34. The Bertz CT molecular complexity index is 1050. The lowest BCUT2D eigenvalue weighted by molar-refractivity contribution is -0.147. The van der Waals surface area contributed by atoms with E-state index in [-0.39, 0.29) is 31.2 Å². The molecule has 0 radical (unpaired) electrons. The third kappa shape index (κ3) is 6.49. The van der Waals surface area contributed by atoms with E-state index in [9.17, 15) is 18.4 Å². The fraction of sp³-hybridized carbons (Fsp3) is 0.250. The molecule has 0 atom stereocenters. The average Bonchev–Trinajstić information content (AvgIpc) is 2.78. The van der Waals surface area contributed by atoms with Crippen molar-refractivity contribution in [3.05, 3.63) is 77.4 Å². The first-order chi connectivity index (χ1) is 15.5. The van der Waals surface area contributed by atoms with Crippen molar-refractivity contribution in [2.75, 3.05) is 32.2 Å². The number of hydrogen-bond donors (Lipinski definition) is 1. The number of carbonyl (C=O) groups is 2. The predicted molar refractivity (Wildman–Crippen MR) is 116 cm³/mol. The van der Waals surface area contributed by atoms with Gasteiger partial charge in [-0.3, -0.25) is 4.79 Å². The lowest BCUT2D eigenvalue weighted by Crippen LogP contribution is -2.17. The summed E-state index contributed by atoms with van der Waals surface area (Å²) in [6.07, 6.45) is 4.11. The Morgan fingerprint density at radius 2 is 1.94 bits per heavy atom. The highest BCUT2D eigenvalue weighted by Crippen LogP contribution is 2.27. The molecule has 1 aliphatic rings. The summed E-state index contributed by atoms with van der Waals surface area (Å²) in [7, 11) is 1.50. The molecule has 1 N–H and O–H groups in total. The van der Waals surface area contributed by atoms with E-state index < -0.39 is 17.7 Å². The molecule has 0 aliphatic heterocycles. The number of benzene rings is 2. The molecule has 0 spiro atoms. The molecule has 3 rings (SSSR count). The van der Waals surface area contributed by atoms with Gasteiger partial charge in [-0.2, -0.15) is 0 Å². The van der Waals surface area contributed by atoms with Gasteiger partial charge < -0.3 is 19.5 Å². The molecule has 0 aromatic heterocycles. The Labute approximate surface area is 184 Å². The van der Waals surface area contributed by atoms with Gasteiger partial charge in [0.15, 0.2) is 6.61 Å². The molecule has 6 nitrogen and oxygen atoms in total. The highest BCUT2D eigenvalue weighted by Gasteiger charge is 2.16. The van der Waals surface area contributed by atoms with Crippen molar-refractivity contribution in [1.29, 1.82) is 0 Å². The maximum absolute atomic E-state index is 14.3. The first-order valence-corrected chi connectivity index (χ1v) is 10.0. The van der Waals surface area contributed by atoms with Crippen molar-refractivity contribution in [3.63, 3.8) is 0 Å². The van der Waals surface area contributed by atoms with Crippen molar-refractivity contribution in [3.8, 4) is 5.75 Å². The number of nitrogens with one attached hydrogen (secondary N) is 1. The van der Waals surface area contributed by atoms with Crippen molar-refractivity contribution in [2.24, 2.45) is 0 Å². The Kier molecular flexibility index (Phi) is 8.10. The molecule has 1 aliphatic carbocycles. The smallest absolute Gasteiger partial charge is 0.344 e. The topological polar surface area (TPSA) is 73.9 Å². The van der Waals surface area contributed by atoms with Crippen molar-refractivity contribution >= 4 is 23.1 Å². The van der Waals surface area contributed by atoms with Crippen LogP contribution in [0, 0.1) is 5.82 Å². The summed E-state index contributed by atoms with van der Waals surface area (Å²) >= 11 is 0. The van der Waals surface area contributed by atoms with E-state index >= 15 is 0 Å². The van der Waals surface area contributed by atoms with E-state index in [1.54, 1.807) is 18.2 Å². The van der Waals surface area contributed by atoms with Gasteiger partial charge in [-0.25, -0.2) is 13.6 Å². The lowest BCUT2D eigenvalue weighted by atomic mass is 9.97. The van der Waals surface area contributed by atoms with Crippen molar-refractivity contribution < 1.29 is 32.6 Å². The minimum absolute atomic E-state index is 0.124. The summed E-state index contributed by atoms with van der Waals surface area (Å²) in [5, 5.41) is 2.61. The largest absolute Gasteiger partial charge is 0.482 e. The number of hydrogen-bond acceptors (Lipinski definition) is 5. The number of ether oxygens (including phenoxy) is 3. The first kappa shape index (κ1) is 23.1. The summed E-state index contributed by atoms with van der Waals surface area (Å²) in [4.78, 5) is 24.3. The zero-order valence-electron chi connectivity index (χ0n) is 17.5. The number of rotatable bonds is 9. The van der Waals surface area contributed by atoms with Crippen LogP contribution in [0.1, 0.15) is 28.8 Å². The van der Waals surface area contributed by atoms with Crippen LogP contribution >= 0.6 is 0 Å². The van der Waals surface area contributed by atoms with Crippen LogP contribution in [0.2, 0.25) is 0 Å². The quantitative estimate of drug-likeness (QED) is 0.450. The van der Waals surface area contributed by atoms with Gasteiger partial charge in [0.05, 0.1) is 12.2 Å². The number of allylic oxidation sites excluding steroid dienone is 4. The van der Waals surface area contributed by atoms with Crippen molar-refractivity contribution in [1.82, 2.24) is 0 Å². The van der Waals surface area contributed by atoms with Gasteiger partial charge in [0.25, 0.3) is 5.91 Å². The van der Waals surface area contributed by atoms with Crippen LogP contribution in [0.4, 0.5) is 14.5 Å². The second-order valence-electron chi connectivity index (χ2n) is 6.97. The van der Waals surface area contributed by atoms with Crippen LogP contribution in [-0.4, -0.2) is 38.8 Å². The number of halogens is 2. The van der Waals surface area contributed by atoms with Crippen LogP contribution < -0.4 is 10.1 Å². The van der Waals surface area contributed by atoms with E-state index in [1.165, 1.54) is 37.5 Å². The molecule has 0 saturated heterocycles. The maximum Gasteiger partial charge on any atom is 0.344 e. The number of amides is 1. The number of methoxy groups -OCH3 is 1. The van der Waals surface area contributed by atoms with Gasteiger partial charge in [-0.05, 0) is 47.9 Å². The Morgan fingerprint density at radius 1 is 1.09 bits per heavy atom. The third-order valence-corrected chi connectivity index (χ3v) is 4.60. The Hall–Kier alpha value is -3.52. The van der Waals surface area contributed by atoms with Crippen molar-refractivity contribution in [2.45, 2.75) is 12.8 Å². The van der Waals surface area contributed by atoms with Crippen LogP contribution in [0.25, 0.3) is 5.57 Å². The highest BCUT2D eigenvalue weighted by atomic mass is 19.1. The predicted octanol–water partition coefficient (Wildman–Crippen LogP) is 4.68. The summed E-state index contributed by atoms with van der Waals surface area (Å²) in [6.45, 7) is 0.100. The molecule has 2 aromatic rings. The normalized spacial score (nSPS) is 13.1. The minimum atomic E-state index is -0.696. The first-order valence-electron chi connectivity index (χ1n) is 10.0. The van der Waals surface area contributed by atoms with Gasteiger partial charge in [0.1, 0.15) is 24.0 Å². The third-order valence-electron chi connectivity index (χ3n) is 4.60. The van der Waals surface area contributed by atoms with Crippen LogP contribution in [0.3, 0.4) is 0 Å². The SMILES string of the molecule is COCCOC(=O)COc1cccc(NC(=O)c2cc(C3=CCCC(F)=C3)ccc2F)c1. The number of esters is 1. The molecule has 8 heteroatoms. The zero-order valence-corrected chi connectivity index (χ0v) is 17.5. The van der Waals surface area contributed by atoms with Crippen LogP contribution in [0.15, 0.2) is 60.4 Å². The highest BCUT2D eigenvalue weighted by molar-refractivity contribution is 6.05. The fourth-order valence-electron chi connectivity index (χ4n) is 3.03. The molecule has 1 amide bonds. The molecular weight excluding hydrogens is 420 g/mol. The second-order valence-corrected chi connectivity index (χ2v) is 6.97. The minimum Gasteiger partial charge on any atom is -0.482 e. The van der Waals surface area contributed by atoms with Gasteiger partial charge in [0, 0.05) is 25.3 Å². The molecule has 0 saturated carbocycles. The van der Waals surface area contributed by atoms with Gasteiger partial charge in [-0.15, -0.1) is 0 Å². The van der Waals surface area contributed by atoms with Gasteiger partial charge in [0.2, 0.25) is 0 Å². The van der Waals surface area contributed by atoms with E-state index in [4.69, 9.17) is 14.2 Å². The maximum atomic E-state index is 14.3. The van der Waals surface area contributed by atoms with Gasteiger partial charge in [-0.1, -0.05) is 18.2 Å². The molecule has 2 aromatic carbocycles. The molecule has 168 valence electrons. The molecule has 0 fully saturated rings. The number of anilines is 1. The van der Waals surface area contributed by atoms with Crippen LogP contribution in [0.5, 0.6) is 5.75 Å². The summed E-state index contributed by atoms with van der Waals surface area (Å²) in [5.74, 6) is -1.84. The van der Waals surface area contributed by atoms with E-state index in [0.717, 1.165) is 0 Å². The molecule has 0 heterocycles. The molecule has 0 bridgehead atoms. The Morgan fingerprint density at radius 3 is 2.72 bits per heavy atom. The lowest BCUT2D eigenvalue weighted by Gasteiger charge is -2.12. The molecule has 0 unspecified atom stereocenters. The second kappa shape index (κ2) is 11.2. The van der Waals surface area contributed by atoms with Crippen LogP contribution in [-0.2, 0) is 14.3 Å². The summed E-state index contributed by atoms with van der Waals surface area (Å²) in [6, 6.07) is 10.4. The van der Waals surface area contributed by atoms with Gasteiger partial charge >= 0.3 is 5.97 Å². The fourth-order valence-corrected chi connectivity index (χ4v) is 3.03.